The van der Waals surface area contributed by atoms with Gasteiger partial charge >= 0.3 is 12.1 Å². The van der Waals surface area contributed by atoms with E-state index >= 15 is 0 Å². The smallest absolute Gasteiger partial charge is 0.475 e. The molecule has 0 unspecified atom stereocenters. The highest BCUT2D eigenvalue weighted by Gasteiger charge is 2.38. The molecule has 0 atom stereocenters. The van der Waals surface area contributed by atoms with Gasteiger partial charge in [-0.05, 0) is 36.6 Å². The van der Waals surface area contributed by atoms with Crippen LogP contribution in [0.4, 0.5) is 24.8 Å². The predicted octanol–water partition coefficient (Wildman–Crippen LogP) is 4.81. The summed E-state index contributed by atoms with van der Waals surface area (Å²) in [6.07, 6.45) is -2.64. The first kappa shape index (κ1) is 25.0. The molecule has 0 amide bonds. The molecule has 5 rings (SSSR count). The predicted molar refractivity (Wildman–Crippen MR) is 129 cm³/mol. The van der Waals surface area contributed by atoms with Crippen LogP contribution in [-0.2, 0) is 11.3 Å². The average molecular weight is 508 g/mol. The van der Waals surface area contributed by atoms with Crippen molar-refractivity contribution in [3.8, 4) is 0 Å². The summed E-state index contributed by atoms with van der Waals surface area (Å²) in [6.45, 7) is 4.75. The van der Waals surface area contributed by atoms with Crippen molar-refractivity contribution in [3.63, 3.8) is 0 Å². The first-order valence-electron chi connectivity index (χ1n) is 11.2. The third-order valence-corrected chi connectivity index (χ3v) is 6.11. The highest BCUT2D eigenvalue weighted by molar-refractivity contribution is 6.31. The fraction of sp³-hybridized carbons (Fsp3) is 0.375. The number of alkyl halides is 3. The van der Waals surface area contributed by atoms with Crippen LogP contribution in [0.25, 0.3) is 11.0 Å². The molecule has 35 heavy (non-hydrogen) atoms. The molecule has 2 heterocycles. The van der Waals surface area contributed by atoms with Crippen LogP contribution in [0, 0.1) is 0 Å². The maximum atomic E-state index is 10.6. The van der Waals surface area contributed by atoms with Crippen molar-refractivity contribution in [2.45, 2.75) is 31.6 Å². The lowest BCUT2D eigenvalue weighted by atomic mass is 10.2. The van der Waals surface area contributed by atoms with E-state index in [9.17, 15) is 13.2 Å². The van der Waals surface area contributed by atoms with Gasteiger partial charge in [-0.15, -0.1) is 0 Å². The van der Waals surface area contributed by atoms with E-state index in [1.807, 2.05) is 36.4 Å². The summed E-state index contributed by atoms with van der Waals surface area (Å²) in [4.78, 5) is 23.6. The van der Waals surface area contributed by atoms with Crippen LogP contribution < -0.4 is 10.2 Å². The molecule has 2 aromatic carbocycles. The van der Waals surface area contributed by atoms with Crippen LogP contribution >= 0.6 is 11.6 Å². The highest BCUT2D eigenvalue weighted by Crippen LogP contribution is 2.31. The van der Waals surface area contributed by atoms with E-state index in [0.29, 0.717) is 6.04 Å². The number of rotatable bonds is 5. The lowest BCUT2D eigenvalue weighted by Gasteiger charge is -2.36. The van der Waals surface area contributed by atoms with Gasteiger partial charge in [-0.1, -0.05) is 41.9 Å². The second kappa shape index (κ2) is 10.7. The molecule has 7 nitrogen and oxygen atoms in total. The fourth-order valence-electron chi connectivity index (χ4n) is 3.71. The Hall–Kier alpha value is -3.11. The van der Waals surface area contributed by atoms with Gasteiger partial charge in [0.25, 0.3) is 0 Å². The largest absolute Gasteiger partial charge is 0.490 e. The molecule has 1 aliphatic carbocycles. The van der Waals surface area contributed by atoms with Gasteiger partial charge in [-0.3, -0.25) is 4.90 Å². The minimum atomic E-state index is -5.08. The van der Waals surface area contributed by atoms with Gasteiger partial charge in [0, 0.05) is 43.8 Å². The number of hydrogen-bond acceptors (Lipinski definition) is 6. The Morgan fingerprint density at radius 1 is 1.00 bits per heavy atom. The Morgan fingerprint density at radius 2 is 1.57 bits per heavy atom. The van der Waals surface area contributed by atoms with Crippen LogP contribution in [0.15, 0.2) is 48.5 Å². The number of nitrogens with zero attached hydrogens (tertiary/aromatic N) is 4. The zero-order chi connectivity index (χ0) is 25.0. The maximum absolute atomic E-state index is 10.6. The summed E-state index contributed by atoms with van der Waals surface area (Å²) < 4.78 is 31.7. The van der Waals surface area contributed by atoms with Crippen molar-refractivity contribution in [1.29, 1.82) is 0 Å². The Balaban J connectivity index is 0.000000364. The molecule has 186 valence electrons. The van der Waals surface area contributed by atoms with E-state index < -0.39 is 12.1 Å². The van der Waals surface area contributed by atoms with Crippen molar-refractivity contribution in [1.82, 2.24) is 14.9 Å². The molecular formula is C24H25ClF3N5O2. The molecule has 3 aromatic rings. The normalized spacial score (nSPS) is 16.5. The van der Waals surface area contributed by atoms with E-state index in [4.69, 9.17) is 31.5 Å². The Kier molecular flexibility index (Phi) is 7.61. The monoisotopic (exact) mass is 507 g/mol. The van der Waals surface area contributed by atoms with Crippen molar-refractivity contribution in [3.05, 3.63) is 59.1 Å². The van der Waals surface area contributed by atoms with Crippen molar-refractivity contribution >= 4 is 40.2 Å². The standard InChI is InChI=1S/C22H24ClN5.C2HF3O2/c23-18-6-2-1-5-16(18)15-27-11-13-28(14-12-27)22-21(24-17-9-10-17)25-19-7-3-4-8-20(19)26-22;3-2(4,5)1(6)7/h1-8,17H,9-15H2,(H,24,25);(H,6,7). The summed E-state index contributed by atoms with van der Waals surface area (Å²) in [5.41, 5.74) is 3.10. The molecule has 0 bridgehead atoms. The van der Waals surface area contributed by atoms with Gasteiger partial charge in [0.2, 0.25) is 0 Å². The number of carboxylic acid groups (broad SMARTS) is 1. The average Bonchev–Trinajstić information content (AvgIpc) is 3.65. The second-order valence-electron chi connectivity index (χ2n) is 8.46. The van der Waals surface area contributed by atoms with E-state index in [1.165, 1.54) is 18.4 Å². The summed E-state index contributed by atoms with van der Waals surface area (Å²) >= 11 is 6.34. The fourth-order valence-corrected chi connectivity index (χ4v) is 3.91. The number of halogens is 4. The van der Waals surface area contributed by atoms with Crippen LogP contribution in [0.1, 0.15) is 18.4 Å². The van der Waals surface area contributed by atoms with Crippen LogP contribution in [0.5, 0.6) is 0 Å². The molecule has 2 N–H and O–H groups in total. The maximum Gasteiger partial charge on any atom is 0.490 e. The number of carboxylic acids is 1. The second-order valence-corrected chi connectivity index (χ2v) is 8.87. The molecule has 1 saturated heterocycles. The molecule has 2 aliphatic rings. The van der Waals surface area contributed by atoms with E-state index in [1.54, 1.807) is 0 Å². The van der Waals surface area contributed by atoms with Gasteiger partial charge in [0.1, 0.15) is 0 Å². The Bertz CT molecular complexity index is 1180. The van der Waals surface area contributed by atoms with Crippen LogP contribution in [0.2, 0.25) is 5.02 Å². The lowest BCUT2D eigenvalue weighted by molar-refractivity contribution is -0.192. The van der Waals surface area contributed by atoms with Crippen LogP contribution in [-0.4, -0.2) is 64.3 Å². The number of benzene rings is 2. The quantitative estimate of drug-likeness (QED) is 0.512. The van der Waals surface area contributed by atoms with Crippen molar-refractivity contribution in [2.75, 3.05) is 36.4 Å². The third-order valence-electron chi connectivity index (χ3n) is 5.74. The number of aliphatic carboxylic acids is 1. The molecule has 1 aliphatic heterocycles. The molecule has 1 aromatic heterocycles. The topological polar surface area (TPSA) is 81.6 Å². The number of carbonyl (C=O) groups is 1. The highest BCUT2D eigenvalue weighted by atomic mass is 35.5. The van der Waals surface area contributed by atoms with Gasteiger partial charge in [-0.2, -0.15) is 13.2 Å². The number of piperazine rings is 1. The van der Waals surface area contributed by atoms with E-state index in [2.05, 4.69) is 27.2 Å². The SMILES string of the molecule is Clc1ccccc1CN1CCN(c2nc3ccccc3nc2NC2CC2)CC1.O=C(O)C(F)(F)F. The number of hydrogen-bond donors (Lipinski definition) is 2. The molecule has 11 heteroatoms. The Morgan fingerprint density at radius 3 is 2.14 bits per heavy atom. The van der Waals surface area contributed by atoms with Crippen molar-refractivity contribution in [2.24, 2.45) is 0 Å². The number of anilines is 2. The van der Waals surface area contributed by atoms with Crippen LogP contribution in [0.3, 0.4) is 0 Å². The van der Waals surface area contributed by atoms with E-state index in [0.717, 1.165) is 60.4 Å². The van der Waals surface area contributed by atoms with Gasteiger partial charge in [0.05, 0.1) is 11.0 Å². The number of aromatic nitrogens is 2. The number of fused-ring (bicyclic) bond motifs is 1. The molecular weight excluding hydrogens is 483 g/mol. The van der Waals surface area contributed by atoms with Gasteiger partial charge in [0.15, 0.2) is 11.6 Å². The minimum Gasteiger partial charge on any atom is -0.475 e. The number of para-hydroxylation sites is 2. The minimum absolute atomic E-state index is 0.552. The zero-order valence-corrected chi connectivity index (χ0v) is 19.6. The molecule has 0 radical (unpaired) electrons. The molecule has 1 saturated carbocycles. The number of nitrogens with one attached hydrogen (secondary N) is 1. The lowest BCUT2D eigenvalue weighted by Crippen LogP contribution is -2.46. The zero-order valence-electron chi connectivity index (χ0n) is 18.8. The van der Waals surface area contributed by atoms with Gasteiger partial charge < -0.3 is 15.3 Å². The van der Waals surface area contributed by atoms with Crippen molar-refractivity contribution < 1.29 is 23.1 Å². The summed E-state index contributed by atoms with van der Waals surface area (Å²) in [5, 5.41) is 11.6. The first-order valence-corrected chi connectivity index (χ1v) is 11.6. The van der Waals surface area contributed by atoms with Gasteiger partial charge in [-0.25, -0.2) is 14.8 Å². The summed E-state index contributed by atoms with van der Waals surface area (Å²) in [5.74, 6) is -0.837. The Labute approximate surface area is 205 Å². The summed E-state index contributed by atoms with van der Waals surface area (Å²) in [7, 11) is 0. The third kappa shape index (κ3) is 6.73. The molecule has 0 spiro atoms. The van der Waals surface area contributed by atoms with E-state index in [-0.39, 0.29) is 0 Å². The molecule has 2 fully saturated rings. The summed E-state index contributed by atoms with van der Waals surface area (Å²) in [6, 6.07) is 16.8. The first-order chi connectivity index (χ1) is 16.7.